The molecule has 0 aliphatic carbocycles. The van der Waals surface area contributed by atoms with Gasteiger partial charge in [-0.15, -0.1) is 5.11 Å². The topological polar surface area (TPSA) is 123 Å². The molecular formula is C18H17N5O2S. The van der Waals surface area contributed by atoms with Crippen LogP contribution in [0.4, 0.5) is 28.4 Å². The maximum Gasteiger partial charge on any atom is 0.261 e. The average Bonchev–Trinajstić information content (AvgIpc) is 2.63. The van der Waals surface area contributed by atoms with Crippen LogP contribution in [0.2, 0.25) is 0 Å². The van der Waals surface area contributed by atoms with E-state index in [0.717, 1.165) is 0 Å². The number of nitrogens with zero attached hydrogens (tertiary/aromatic N) is 2. The van der Waals surface area contributed by atoms with E-state index in [1.807, 2.05) is 0 Å². The van der Waals surface area contributed by atoms with Crippen molar-refractivity contribution in [3.05, 3.63) is 72.8 Å². The summed E-state index contributed by atoms with van der Waals surface area (Å²) in [5.74, 6) is 0. The fraction of sp³-hybridized carbons (Fsp3) is 0. The van der Waals surface area contributed by atoms with Gasteiger partial charge in [0, 0.05) is 11.4 Å². The van der Waals surface area contributed by atoms with Crippen molar-refractivity contribution in [3.63, 3.8) is 0 Å². The molecule has 0 atom stereocenters. The van der Waals surface area contributed by atoms with Crippen molar-refractivity contribution in [1.29, 1.82) is 0 Å². The lowest BCUT2D eigenvalue weighted by Gasteiger charge is -2.07. The highest BCUT2D eigenvalue weighted by molar-refractivity contribution is 7.92. The van der Waals surface area contributed by atoms with Crippen LogP contribution in [0, 0.1) is 0 Å². The molecule has 0 bridgehead atoms. The molecule has 8 heteroatoms. The molecule has 26 heavy (non-hydrogen) atoms. The van der Waals surface area contributed by atoms with E-state index in [0.29, 0.717) is 28.4 Å². The largest absolute Gasteiger partial charge is 0.399 e. The quantitative estimate of drug-likeness (QED) is 0.464. The molecule has 0 saturated heterocycles. The fourth-order valence-electron chi connectivity index (χ4n) is 2.19. The van der Waals surface area contributed by atoms with Crippen molar-refractivity contribution in [2.24, 2.45) is 10.2 Å². The third kappa shape index (κ3) is 4.17. The highest BCUT2D eigenvalue weighted by Crippen LogP contribution is 2.27. The van der Waals surface area contributed by atoms with E-state index in [-0.39, 0.29) is 4.90 Å². The van der Waals surface area contributed by atoms with Crippen LogP contribution in [0.25, 0.3) is 0 Å². The Labute approximate surface area is 151 Å². The third-order valence-electron chi connectivity index (χ3n) is 3.50. The van der Waals surface area contributed by atoms with Crippen molar-refractivity contribution in [1.82, 2.24) is 0 Å². The highest BCUT2D eigenvalue weighted by atomic mass is 32.2. The molecule has 132 valence electrons. The molecule has 0 amide bonds. The number of sulfonamides is 1. The second-order valence-corrected chi connectivity index (χ2v) is 7.17. The smallest absolute Gasteiger partial charge is 0.261 e. The Balaban J connectivity index is 1.73. The summed E-state index contributed by atoms with van der Waals surface area (Å²) < 4.78 is 27.1. The van der Waals surface area contributed by atoms with Gasteiger partial charge in [-0.2, -0.15) is 5.11 Å². The zero-order chi connectivity index (χ0) is 18.6. The van der Waals surface area contributed by atoms with Crippen molar-refractivity contribution < 1.29 is 8.42 Å². The summed E-state index contributed by atoms with van der Waals surface area (Å²) in [6.07, 6.45) is 0. The van der Waals surface area contributed by atoms with E-state index in [9.17, 15) is 8.42 Å². The lowest BCUT2D eigenvalue weighted by Crippen LogP contribution is -2.12. The summed E-state index contributed by atoms with van der Waals surface area (Å²) >= 11 is 0. The van der Waals surface area contributed by atoms with Crippen molar-refractivity contribution in [2.75, 3.05) is 16.2 Å². The van der Waals surface area contributed by atoms with Gasteiger partial charge in [-0.25, -0.2) is 8.42 Å². The number of nitrogens with two attached hydrogens (primary N) is 2. The summed E-state index contributed by atoms with van der Waals surface area (Å²) in [6.45, 7) is 0. The summed E-state index contributed by atoms with van der Waals surface area (Å²) in [7, 11) is -3.62. The Hall–Kier alpha value is -3.39. The molecular weight excluding hydrogens is 350 g/mol. The molecule has 5 N–H and O–H groups in total. The van der Waals surface area contributed by atoms with Crippen LogP contribution < -0.4 is 16.2 Å². The average molecular weight is 367 g/mol. The van der Waals surface area contributed by atoms with Crippen LogP contribution in [-0.2, 0) is 10.0 Å². The summed E-state index contributed by atoms with van der Waals surface area (Å²) in [6, 6.07) is 19.7. The van der Waals surface area contributed by atoms with Crippen LogP contribution in [0.15, 0.2) is 87.9 Å². The molecule has 7 nitrogen and oxygen atoms in total. The van der Waals surface area contributed by atoms with Gasteiger partial charge in [-0.3, -0.25) is 4.72 Å². The van der Waals surface area contributed by atoms with Crippen molar-refractivity contribution in [3.8, 4) is 0 Å². The van der Waals surface area contributed by atoms with Gasteiger partial charge >= 0.3 is 0 Å². The minimum absolute atomic E-state index is 0.197. The van der Waals surface area contributed by atoms with Crippen LogP contribution >= 0.6 is 0 Å². The van der Waals surface area contributed by atoms with Crippen LogP contribution in [0.3, 0.4) is 0 Å². The van der Waals surface area contributed by atoms with E-state index in [2.05, 4.69) is 15.0 Å². The first kappa shape index (κ1) is 17.4. The van der Waals surface area contributed by atoms with Crippen LogP contribution in [0.1, 0.15) is 0 Å². The number of benzene rings is 3. The lowest BCUT2D eigenvalue weighted by molar-refractivity contribution is 0.601. The molecule has 3 aromatic rings. The number of nitrogen functional groups attached to an aromatic ring is 2. The van der Waals surface area contributed by atoms with Gasteiger partial charge in [-0.05, 0) is 54.6 Å². The number of azo groups is 1. The zero-order valence-electron chi connectivity index (χ0n) is 13.7. The van der Waals surface area contributed by atoms with E-state index in [1.165, 1.54) is 12.1 Å². The van der Waals surface area contributed by atoms with E-state index >= 15 is 0 Å². The standard InChI is InChI=1S/C18H17N5O2S/c19-13-6-11-18(17(20)12-13)22-21-14-7-9-15(10-8-14)23-26(24,25)16-4-2-1-3-5-16/h1-12,23H,19-20H2. The Kier molecular flexibility index (Phi) is 4.85. The molecule has 0 unspecified atom stereocenters. The minimum atomic E-state index is -3.62. The second-order valence-electron chi connectivity index (χ2n) is 5.48. The second kappa shape index (κ2) is 7.24. The number of hydrogen-bond acceptors (Lipinski definition) is 6. The molecule has 3 rings (SSSR count). The maximum atomic E-state index is 12.3. The molecule has 0 aliphatic rings. The SMILES string of the molecule is Nc1ccc(N=Nc2ccc(NS(=O)(=O)c3ccccc3)cc2)c(N)c1. The molecule has 0 saturated carbocycles. The number of rotatable bonds is 5. The van der Waals surface area contributed by atoms with Crippen molar-refractivity contribution >= 4 is 38.5 Å². The molecule has 0 heterocycles. The van der Waals surface area contributed by atoms with Gasteiger partial charge < -0.3 is 11.5 Å². The van der Waals surface area contributed by atoms with Gasteiger partial charge in [0.15, 0.2) is 0 Å². The third-order valence-corrected chi connectivity index (χ3v) is 4.90. The summed E-state index contributed by atoms with van der Waals surface area (Å²) in [4.78, 5) is 0.197. The summed E-state index contributed by atoms with van der Waals surface area (Å²) in [5.41, 5.74) is 13.9. The number of anilines is 3. The summed E-state index contributed by atoms with van der Waals surface area (Å²) in [5, 5.41) is 8.16. The van der Waals surface area contributed by atoms with Gasteiger partial charge in [0.2, 0.25) is 0 Å². The molecule has 0 fully saturated rings. The predicted octanol–water partition coefficient (Wildman–Crippen LogP) is 4.07. The Morgan fingerprint density at radius 1 is 0.808 bits per heavy atom. The first-order valence-corrected chi connectivity index (χ1v) is 9.17. The van der Waals surface area contributed by atoms with Crippen LogP contribution in [-0.4, -0.2) is 8.42 Å². The van der Waals surface area contributed by atoms with Crippen LogP contribution in [0.5, 0.6) is 0 Å². The monoisotopic (exact) mass is 367 g/mol. The normalized spacial score (nSPS) is 11.5. The number of hydrogen-bond donors (Lipinski definition) is 3. The predicted molar refractivity (Wildman–Crippen MR) is 103 cm³/mol. The molecule has 0 spiro atoms. The van der Waals surface area contributed by atoms with Gasteiger partial charge in [-0.1, -0.05) is 18.2 Å². The molecule has 0 radical (unpaired) electrons. The molecule has 0 aromatic heterocycles. The van der Waals surface area contributed by atoms with Gasteiger partial charge in [0.05, 0.1) is 16.3 Å². The number of nitrogens with one attached hydrogen (secondary N) is 1. The lowest BCUT2D eigenvalue weighted by atomic mass is 10.2. The first-order valence-electron chi connectivity index (χ1n) is 7.69. The van der Waals surface area contributed by atoms with E-state index < -0.39 is 10.0 Å². The Morgan fingerprint density at radius 3 is 2.15 bits per heavy atom. The fourth-order valence-corrected chi connectivity index (χ4v) is 3.27. The van der Waals surface area contributed by atoms with E-state index in [1.54, 1.807) is 60.7 Å². The Morgan fingerprint density at radius 2 is 1.50 bits per heavy atom. The first-order chi connectivity index (χ1) is 12.4. The maximum absolute atomic E-state index is 12.3. The van der Waals surface area contributed by atoms with Gasteiger partial charge in [0.1, 0.15) is 5.69 Å². The van der Waals surface area contributed by atoms with Gasteiger partial charge in [0.25, 0.3) is 10.0 Å². The Bertz CT molecular complexity index is 1030. The molecule has 3 aromatic carbocycles. The highest BCUT2D eigenvalue weighted by Gasteiger charge is 2.13. The molecule has 0 aliphatic heterocycles. The minimum Gasteiger partial charge on any atom is -0.399 e. The van der Waals surface area contributed by atoms with Crippen molar-refractivity contribution in [2.45, 2.75) is 4.90 Å². The zero-order valence-corrected chi connectivity index (χ0v) is 14.5. The van der Waals surface area contributed by atoms with E-state index in [4.69, 9.17) is 11.5 Å².